The van der Waals surface area contributed by atoms with Gasteiger partial charge in [-0.25, -0.2) is 9.50 Å². The van der Waals surface area contributed by atoms with Crippen molar-refractivity contribution in [3.8, 4) is 11.3 Å². The average Bonchev–Trinajstić information content (AvgIpc) is 3.50. The number of carbonyl (C=O) groups is 1. The SMILES string of the molecule is CCC(CC)n1cc(-c2nc(C(C=NCCN3CCNCC3=O)=CN)cn3nccc23)cn1. The van der Waals surface area contributed by atoms with Gasteiger partial charge in [0.15, 0.2) is 0 Å². The first kappa shape index (κ1) is 22.7. The van der Waals surface area contributed by atoms with Gasteiger partial charge in [0.25, 0.3) is 0 Å². The second-order valence-electron chi connectivity index (χ2n) is 8.03. The summed E-state index contributed by atoms with van der Waals surface area (Å²) in [6, 6.07) is 2.29. The minimum Gasteiger partial charge on any atom is -0.404 e. The second-order valence-corrected chi connectivity index (χ2v) is 8.03. The van der Waals surface area contributed by atoms with Crippen LogP contribution in [0.25, 0.3) is 22.3 Å². The minimum atomic E-state index is 0.107. The topological polar surface area (TPSA) is 119 Å². The number of piperazine rings is 1. The van der Waals surface area contributed by atoms with E-state index in [0.29, 0.717) is 43.5 Å². The van der Waals surface area contributed by atoms with E-state index in [0.717, 1.165) is 36.2 Å². The number of hydrogen-bond donors (Lipinski definition) is 2. The highest BCUT2D eigenvalue weighted by Gasteiger charge is 2.17. The largest absolute Gasteiger partial charge is 0.404 e. The van der Waals surface area contributed by atoms with Crippen molar-refractivity contribution in [1.29, 1.82) is 0 Å². The van der Waals surface area contributed by atoms with E-state index < -0.39 is 0 Å². The average molecular weight is 450 g/mol. The van der Waals surface area contributed by atoms with Crippen LogP contribution in [0.1, 0.15) is 38.4 Å². The van der Waals surface area contributed by atoms with Crippen LogP contribution in [-0.2, 0) is 4.79 Å². The normalized spacial score (nSPS) is 15.4. The molecule has 174 valence electrons. The van der Waals surface area contributed by atoms with Gasteiger partial charge in [0.05, 0.1) is 54.6 Å². The van der Waals surface area contributed by atoms with E-state index in [1.165, 1.54) is 6.20 Å². The quantitative estimate of drug-likeness (QED) is 0.481. The summed E-state index contributed by atoms with van der Waals surface area (Å²) in [6.07, 6.45) is 12.7. The molecule has 0 spiro atoms. The molecule has 0 atom stereocenters. The molecule has 4 rings (SSSR count). The molecule has 3 aromatic rings. The lowest BCUT2D eigenvalue weighted by atomic mass is 10.1. The molecule has 10 heteroatoms. The molecule has 1 aliphatic rings. The summed E-state index contributed by atoms with van der Waals surface area (Å²) in [5.41, 5.74) is 9.90. The molecule has 3 N–H and O–H groups in total. The van der Waals surface area contributed by atoms with E-state index in [9.17, 15) is 4.79 Å². The molecule has 0 bridgehead atoms. The van der Waals surface area contributed by atoms with E-state index in [1.54, 1.807) is 16.9 Å². The van der Waals surface area contributed by atoms with Gasteiger partial charge in [0.2, 0.25) is 5.91 Å². The fourth-order valence-electron chi connectivity index (χ4n) is 4.02. The molecule has 1 aliphatic heterocycles. The summed E-state index contributed by atoms with van der Waals surface area (Å²) in [6.45, 7) is 7.33. The van der Waals surface area contributed by atoms with E-state index in [2.05, 4.69) is 34.4 Å². The van der Waals surface area contributed by atoms with Crippen LogP contribution in [0.5, 0.6) is 0 Å². The zero-order valence-corrected chi connectivity index (χ0v) is 19.2. The van der Waals surface area contributed by atoms with Crippen LogP contribution in [0.4, 0.5) is 0 Å². The molecule has 0 saturated carbocycles. The molecule has 10 nitrogen and oxygen atoms in total. The van der Waals surface area contributed by atoms with Crippen molar-refractivity contribution in [1.82, 2.24) is 34.6 Å². The van der Waals surface area contributed by atoms with Crippen molar-refractivity contribution >= 4 is 23.2 Å². The van der Waals surface area contributed by atoms with Crippen LogP contribution in [0, 0.1) is 0 Å². The van der Waals surface area contributed by atoms with Gasteiger partial charge in [0.1, 0.15) is 0 Å². The van der Waals surface area contributed by atoms with E-state index in [-0.39, 0.29) is 5.91 Å². The predicted octanol–water partition coefficient (Wildman–Crippen LogP) is 1.76. The van der Waals surface area contributed by atoms with Crippen LogP contribution >= 0.6 is 0 Å². The first-order valence-corrected chi connectivity index (χ1v) is 11.4. The molecule has 1 saturated heterocycles. The summed E-state index contributed by atoms with van der Waals surface area (Å²) in [5.74, 6) is 0.107. The highest BCUT2D eigenvalue weighted by Crippen LogP contribution is 2.26. The van der Waals surface area contributed by atoms with Gasteiger partial charge in [-0.1, -0.05) is 13.8 Å². The highest BCUT2D eigenvalue weighted by molar-refractivity contribution is 6.09. The third kappa shape index (κ3) is 4.95. The Balaban J connectivity index is 1.57. The lowest BCUT2D eigenvalue weighted by molar-refractivity contribution is -0.131. The summed E-state index contributed by atoms with van der Waals surface area (Å²) in [7, 11) is 0. The lowest BCUT2D eigenvalue weighted by Crippen LogP contribution is -2.48. The van der Waals surface area contributed by atoms with Crippen LogP contribution in [-0.4, -0.2) is 74.1 Å². The zero-order chi connectivity index (χ0) is 23.2. The molecule has 0 aromatic carbocycles. The Morgan fingerprint density at radius 1 is 1.30 bits per heavy atom. The number of carbonyl (C=O) groups excluding carboxylic acids is 1. The lowest BCUT2D eigenvalue weighted by Gasteiger charge is -2.26. The first-order valence-electron chi connectivity index (χ1n) is 11.4. The number of nitrogens with zero attached hydrogens (tertiary/aromatic N) is 7. The predicted molar refractivity (Wildman–Crippen MR) is 129 cm³/mol. The molecule has 1 fully saturated rings. The van der Waals surface area contributed by atoms with Crippen molar-refractivity contribution in [2.24, 2.45) is 10.7 Å². The van der Waals surface area contributed by atoms with E-state index in [1.807, 2.05) is 34.2 Å². The van der Waals surface area contributed by atoms with Gasteiger partial charge in [-0.05, 0) is 18.9 Å². The maximum absolute atomic E-state index is 11.9. The van der Waals surface area contributed by atoms with Gasteiger partial charge in [-0.3, -0.25) is 14.5 Å². The minimum absolute atomic E-state index is 0.107. The highest BCUT2D eigenvalue weighted by atomic mass is 16.2. The standard InChI is InChI=1S/C23H31N9O/c1-3-19(4-2)31-15-18(13-28-31)23-21-5-6-27-32(21)16-20(29-23)17(11-24)12-25-7-9-30-10-8-26-14-22(30)33/h5-6,11-13,15-16,19,26H,3-4,7-10,14,24H2,1-2H3. The first-order chi connectivity index (χ1) is 16.1. The molecule has 1 amide bonds. The summed E-state index contributed by atoms with van der Waals surface area (Å²) in [5, 5.41) is 12.1. The summed E-state index contributed by atoms with van der Waals surface area (Å²) < 4.78 is 3.80. The number of nitrogens with two attached hydrogens (primary N) is 1. The van der Waals surface area contributed by atoms with Gasteiger partial charge < -0.3 is 16.0 Å². The van der Waals surface area contributed by atoms with Crippen LogP contribution in [0.3, 0.4) is 0 Å². The molecule has 3 aromatic heterocycles. The Bertz CT molecular complexity index is 1160. The van der Waals surface area contributed by atoms with Crippen molar-refractivity contribution < 1.29 is 4.79 Å². The zero-order valence-electron chi connectivity index (χ0n) is 19.2. The third-order valence-electron chi connectivity index (χ3n) is 5.97. The van der Waals surface area contributed by atoms with E-state index in [4.69, 9.17) is 10.7 Å². The number of nitrogens with one attached hydrogen (secondary N) is 1. The Morgan fingerprint density at radius 2 is 2.15 bits per heavy atom. The maximum atomic E-state index is 11.9. The number of fused-ring (bicyclic) bond motifs is 1. The van der Waals surface area contributed by atoms with Gasteiger partial charge >= 0.3 is 0 Å². The molecular formula is C23H31N9O. The van der Waals surface area contributed by atoms with Crippen molar-refractivity contribution in [3.05, 3.63) is 42.7 Å². The molecule has 0 radical (unpaired) electrons. The number of hydrogen-bond acceptors (Lipinski definition) is 7. The second kappa shape index (κ2) is 10.4. The third-order valence-corrected chi connectivity index (χ3v) is 5.97. The maximum Gasteiger partial charge on any atom is 0.236 e. The van der Waals surface area contributed by atoms with Crippen molar-refractivity contribution in [2.75, 3.05) is 32.7 Å². The fourth-order valence-corrected chi connectivity index (χ4v) is 4.02. The number of rotatable bonds is 9. The van der Waals surface area contributed by atoms with Gasteiger partial charge in [-0.2, -0.15) is 10.2 Å². The van der Waals surface area contributed by atoms with E-state index >= 15 is 0 Å². The van der Waals surface area contributed by atoms with Crippen LogP contribution < -0.4 is 11.1 Å². The molecule has 0 aliphatic carbocycles. The van der Waals surface area contributed by atoms with Gasteiger partial charge in [-0.15, -0.1) is 0 Å². The smallest absolute Gasteiger partial charge is 0.236 e. The number of aliphatic imine (C=N–C) groups is 1. The van der Waals surface area contributed by atoms with Crippen LogP contribution in [0.2, 0.25) is 0 Å². The Morgan fingerprint density at radius 3 is 2.91 bits per heavy atom. The Hall–Kier alpha value is -3.53. The molecule has 33 heavy (non-hydrogen) atoms. The van der Waals surface area contributed by atoms with Crippen molar-refractivity contribution in [3.63, 3.8) is 0 Å². The molecular weight excluding hydrogens is 418 g/mol. The Labute approximate surface area is 193 Å². The number of amides is 1. The number of allylic oxidation sites excluding steroid dienone is 1. The summed E-state index contributed by atoms with van der Waals surface area (Å²) in [4.78, 5) is 23.1. The Kier molecular flexibility index (Phi) is 7.13. The monoisotopic (exact) mass is 449 g/mol. The molecule has 4 heterocycles. The molecule has 0 unspecified atom stereocenters. The fraction of sp³-hybridized carbons (Fsp3) is 0.435. The summed E-state index contributed by atoms with van der Waals surface area (Å²) >= 11 is 0. The number of aromatic nitrogens is 5. The van der Waals surface area contributed by atoms with Gasteiger partial charge in [0, 0.05) is 49.4 Å². The van der Waals surface area contributed by atoms with Crippen molar-refractivity contribution in [2.45, 2.75) is 32.7 Å². The van der Waals surface area contributed by atoms with Crippen LogP contribution in [0.15, 0.2) is 42.0 Å².